The third-order valence-corrected chi connectivity index (χ3v) is 3.51. The summed E-state index contributed by atoms with van der Waals surface area (Å²) in [5.41, 5.74) is -3.15. The minimum atomic E-state index is -4.73. The van der Waals surface area contributed by atoms with Crippen LogP contribution in [0.25, 0.3) is 0 Å². The van der Waals surface area contributed by atoms with E-state index in [4.69, 9.17) is 0 Å². The number of hydrogen-bond donors (Lipinski definition) is 0. The van der Waals surface area contributed by atoms with Crippen LogP contribution in [0.4, 0.5) is 13.2 Å². The first-order chi connectivity index (χ1) is 7.68. The van der Waals surface area contributed by atoms with Gasteiger partial charge >= 0.3 is 11.8 Å². The van der Waals surface area contributed by atoms with E-state index in [2.05, 4.69) is 10.2 Å². The van der Waals surface area contributed by atoms with Crippen molar-refractivity contribution in [3.05, 3.63) is 29.8 Å². The maximum Gasteiger partial charge on any atom is 0.442 e. The van der Waals surface area contributed by atoms with E-state index in [1.807, 2.05) is 0 Å². The molecule has 0 N–H and O–H groups in total. The van der Waals surface area contributed by atoms with Crippen LogP contribution in [0.1, 0.15) is 5.56 Å². The van der Waals surface area contributed by atoms with Gasteiger partial charge in [0.1, 0.15) is 0 Å². The molecule has 4 nitrogen and oxygen atoms in total. The van der Waals surface area contributed by atoms with E-state index < -0.39 is 32.1 Å². The van der Waals surface area contributed by atoms with Gasteiger partial charge in [0.15, 0.2) is 9.84 Å². The number of halogens is 3. The SMILES string of the molecule is CS(=O)(=O)c1ccccc1C1(C(F)(F)F)N=N1. The normalized spacial score (nSPS) is 18.1. The zero-order valence-corrected chi connectivity index (χ0v) is 9.38. The van der Waals surface area contributed by atoms with Crippen molar-refractivity contribution >= 4 is 9.84 Å². The lowest BCUT2D eigenvalue weighted by atomic mass is 10.0. The molecule has 1 aromatic carbocycles. The molecule has 0 bridgehead atoms. The molecule has 1 heterocycles. The maximum absolute atomic E-state index is 12.8. The predicted molar refractivity (Wildman–Crippen MR) is 52.1 cm³/mol. The topological polar surface area (TPSA) is 58.9 Å². The van der Waals surface area contributed by atoms with Crippen LogP contribution in [0.3, 0.4) is 0 Å². The second kappa shape index (κ2) is 3.28. The Hall–Kier alpha value is -1.44. The molecule has 2 rings (SSSR count). The Morgan fingerprint density at radius 2 is 1.71 bits per heavy atom. The van der Waals surface area contributed by atoms with E-state index in [9.17, 15) is 21.6 Å². The van der Waals surface area contributed by atoms with E-state index in [0.29, 0.717) is 0 Å². The average Bonchev–Trinajstić information content (AvgIpc) is 2.95. The first-order valence-electron chi connectivity index (χ1n) is 4.49. The summed E-state index contributed by atoms with van der Waals surface area (Å²) in [4.78, 5) is -0.401. The Labute approximate surface area is 95.1 Å². The van der Waals surface area contributed by atoms with Gasteiger partial charge in [0.25, 0.3) is 0 Å². The summed E-state index contributed by atoms with van der Waals surface area (Å²) in [6.07, 6.45) is -3.88. The largest absolute Gasteiger partial charge is 0.442 e. The van der Waals surface area contributed by atoms with Crippen molar-refractivity contribution in [3.8, 4) is 0 Å². The van der Waals surface area contributed by atoms with Crippen LogP contribution in [0.15, 0.2) is 39.4 Å². The minimum absolute atomic E-state index is 0.401. The molecule has 0 unspecified atom stereocenters. The number of hydrogen-bond acceptors (Lipinski definition) is 4. The molecule has 0 radical (unpaired) electrons. The van der Waals surface area contributed by atoms with Gasteiger partial charge in [0, 0.05) is 11.8 Å². The van der Waals surface area contributed by atoms with Crippen LogP contribution in [0.2, 0.25) is 0 Å². The molecule has 8 heteroatoms. The lowest BCUT2D eigenvalue weighted by Crippen LogP contribution is -2.31. The maximum atomic E-state index is 12.8. The molecule has 0 saturated carbocycles. The van der Waals surface area contributed by atoms with Gasteiger partial charge in [0.2, 0.25) is 0 Å². The second-order valence-electron chi connectivity index (χ2n) is 3.64. The van der Waals surface area contributed by atoms with Gasteiger partial charge in [-0.2, -0.15) is 13.2 Å². The van der Waals surface area contributed by atoms with E-state index in [1.165, 1.54) is 12.1 Å². The van der Waals surface area contributed by atoms with Gasteiger partial charge in [-0.05, 0) is 6.07 Å². The summed E-state index contributed by atoms with van der Waals surface area (Å²) < 4.78 is 61.1. The molecule has 1 aliphatic heterocycles. The predicted octanol–water partition coefficient (Wildman–Crippen LogP) is 2.27. The lowest BCUT2D eigenvalue weighted by molar-refractivity contribution is -0.166. The van der Waals surface area contributed by atoms with E-state index in [1.54, 1.807) is 0 Å². The van der Waals surface area contributed by atoms with Gasteiger partial charge in [-0.15, -0.1) is 10.2 Å². The van der Waals surface area contributed by atoms with Crippen molar-refractivity contribution in [2.24, 2.45) is 10.2 Å². The van der Waals surface area contributed by atoms with Crippen LogP contribution in [-0.2, 0) is 15.5 Å². The molecule has 1 aliphatic rings. The molecule has 0 atom stereocenters. The quantitative estimate of drug-likeness (QED) is 0.822. The van der Waals surface area contributed by atoms with E-state index >= 15 is 0 Å². The first-order valence-corrected chi connectivity index (χ1v) is 6.38. The number of nitrogens with zero attached hydrogens (tertiary/aromatic N) is 2. The molecule has 1 aromatic rings. The molecule has 0 aromatic heterocycles. The number of benzene rings is 1. The van der Waals surface area contributed by atoms with Crippen molar-refractivity contribution in [3.63, 3.8) is 0 Å². The monoisotopic (exact) mass is 264 g/mol. The molecule has 0 saturated heterocycles. The van der Waals surface area contributed by atoms with Crippen molar-refractivity contribution in [1.82, 2.24) is 0 Å². The number of alkyl halides is 3. The van der Waals surface area contributed by atoms with Crippen LogP contribution >= 0.6 is 0 Å². The van der Waals surface area contributed by atoms with Crippen LogP contribution in [0.5, 0.6) is 0 Å². The highest BCUT2D eigenvalue weighted by molar-refractivity contribution is 7.90. The van der Waals surface area contributed by atoms with Gasteiger partial charge in [0.05, 0.1) is 4.90 Å². The van der Waals surface area contributed by atoms with Crippen LogP contribution < -0.4 is 0 Å². The molecular weight excluding hydrogens is 257 g/mol. The molecular formula is C9H7F3N2O2S. The summed E-state index contributed by atoms with van der Waals surface area (Å²) in [5.74, 6) is 0. The fourth-order valence-electron chi connectivity index (χ4n) is 1.50. The molecule has 0 fully saturated rings. The second-order valence-corrected chi connectivity index (χ2v) is 5.62. The van der Waals surface area contributed by atoms with Crippen molar-refractivity contribution in [2.45, 2.75) is 16.7 Å². The standard InChI is InChI=1S/C9H7F3N2O2S/c1-17(15,16)7-5-3-2-4-6(7)8(13-14-8)9(10,11)12/h2-5H,1H3. The third-order valence-electron chi connectivity index (χ3n) is 2.36. The van der Waals surface area contributed by atoms with Gasteiger partial charge < -0.3 is 0 Å². The highest BCUT2D eigenvalue weighted by atomic mass is 32.2. The van der Waals surface area contributed by atoms with E-state index in [0.717, 1.165) is 18.4 Å². The van der Waals surface area contributed by atoms with Crippen LogP contribution in [-0.4, -0.2) is 20.8 Å². The highest BCUT2D eigenvalue weighted by Gasteiger charge is 2.66. The number of rotatable bonds is 2. The van der Waals surface area contributed by atoms with E-state index in [-0.39, 0.29) is 0 Å². The molecule has 0 aliphatic carbocycles. The zero-order valence-electron chi connectivity index (χ0n) is 8.56. The summed E-state index contributed by atoms with van der Waals surface area (Å²) in [6, 6.07) is 4.86. The Balaban J connectivity index is 2.63. The Morgan fingerprint density at radius 1 is 1.18 bits per heavy atom. The fraction of sp³-hybridized carbons (Fsp3) is 0.333. The Bertz CT molecular complexity index is 587. The highest BCUT2D eigenvalue weighted by Crippen LogP contribution is 2.53. The fourth-order valence-corrected chi connectivity index (χ4v) is 2.44. The van der Waals surface area contributed by atoms with Crippen molar-refractivity contribution < 1.29 is 21.6 Å². The Kier molecular flexibility index (Phi) is 2.32. The average molecular weight is 264 g/mol. The third kappa shape index (κ3) is 1.82. The molecule has 92 valence electrons. The smallest absolute Gasteiger partial charge is 0.224 e. The minimum Gasteiger partial charge on any atom is -0.224 e. The number of sulfone groups is 1. The van der Waals surface area contributed by atoms with Gasteiger partial charge in [-0.25, -0.2) is 8.42 Å². The summed E-state index contributed by atoms with van der Waals surface area (Å²) >= 11 is 0. The first kappa shape index (κ1) is 12.0. The summed E-state index contributed by atoms with van der Waals surface area (Å²) in [5, 5.41) is 5.97. The van der Waals surface area contributed by atoms with Crippen molar-refractivity contribution in [1.29, 1.82) is 0 Å². The van der Waals surface area contributed by atoms with Gasteiger partial charge in [-0.1, -0.05) is 18.2 Å². The summed E-state index contributed by atoms with van der Waals surface area (Å²) in [6.45, 7) is 0. The lowest BCUT2D eigenvalue weighted by Gasteiger charge is -2.17. The summed E-state index contributed by atoms with van der Waals surface area (Å²) in [7, 11) is -3.76. The van der Waals surface area contributed by atoms with Crippen molar-refractivity contribution in [2.75, 3.05) is 6.26 Å². The molecule has 17 heavy (non-hydrogen) atoms. The molecule has 0 spiro atoms. The zero-order chi connectivity index (χ0) is 12.9. The Morgan fingerprint density at radius 3 is 2.12 bits per heavy atom. The molecule has 0 amide bonds. The van der Waals surface area contributed by atoms with Crippen LogP contribution in [0, 0.1) is 0 Å². The van der Waals surface area contributed by atoms with Gasteiger partial charge in [-0.3, -0.25) is 0 Å².